The van der Waals surface area contributed by atoms with Gasteiger partial charge in [-0.25, -0.2) is 19.2 Å². The van der Waals surface area contributed by atoms with Crippen molar-refractivity contribution < 1.29 is 38.1 Å². The summed E-state index contributed by atoms with van der Waals surface area (Å²) in [6.45, 7) is 6.93. The van der Waals surface area contributed by atoms with Crippen LogP contribution < -0.4 is 9.47 Å². The Balaban J connectivity index is 1.14. The Bertz CT molecular complexity index is 1760. The Morgan fingerprint density at radius 1 is 0.543 bits per heavy atom. The van der Waals surface area contributed by atoms with Crippen LogP contribution in [0.15, 0.2) is 84.9 Å². The summed E-state index contributed by atoms with van der Waals surface area (Å²) in [4.78, 5) is 47.6. The summed E-state index contributed by atoms with van der Waals surface area (Å²) < 4.78 is 21.5. The van der Waals surface area contributed by atoms with Gasteiger partial charge < -0.3 is 18.9 Å². The molecule has 2 heterocycles. The number of hydrogen-bond donors (Lipinski definition) is 0. The van der Waals surface area contributed by atoms with E-state index in [-0.39, 0.29) is 33.1 Å². The summed E-state index contributed by atoms with van der Waals surface area (Å²) in [7, 11) is 0. The Morgan fingerprint density at radius 3 is 1.30 bits per heavy atom. The Kier molecular flexibility index (Phi) is 7.03. The van der Waals surface area contributed by atoms with Gasteiger partial charge in [0.25, 0.3) is 0 Å². The molecular weight excluding hydrogens is 584 g/mol. The molecule has 1 aliphatic carbocycles. The van der Waals surface area contributed by atoms with Crippen molar-refractivity contribution in [3.8, 4) is 23.0 Å². The van der Waals surface area contributed by atoms with E-state index in [2.05, 4.69) is 45.0 Å². The van der Waals surface area contributed by atoms with E-state index in [1.165, 1.54) is 23.3 Å². The van der Waals surface area contributed by atoms with Crippen LogP contribution in [0.5, 0.6) is 23.0 Å². The quantitative estimate of drug-likeness (QED) is 0.157. The second-order valence-corrected chi connectivity index (χ2v) is 13.2. The molecule has 4 aromatic carbocycles. The number of carbonyl (C=O) groups excluding carboxylic acids is 4. The van der Waals surface area contributed by atoms with E-state index in [1.807, 2.05) is 24.3 Å². The zero-order chi connectivity index (χ0) is 32.2. The summed E-state index contributed by atoms with van der Waals surface area (Å²) in [6.07, 6.45) is 4.15. The molecule has 4 aromatic rings. The predicted molar refractivity (Wildman–Crippen MR) is 168 cm³/mol. The van der Waals surface area contributed by atoms with Gasteiger partial charge in [-0.3, -0.25) is 0 Å². The molecule has 0 atom stereocenters. The highest BCUT2D eigenvalue weighted by molar-refractivity contribution is 6.15. The molecule has 0 saturated heterocycles. The minimum atomic E-state index is -0.668. The Morgan fingerprint density at radius 2 is 0.913 bits per heavy atom. The van der Waals surface area contributed by atoms with E-state index in [9.17, 15) is 19.2 Å². The molecule has 232 valence electrons. The van der Waals surface area contributed by atoms with E-state index < -0.39 is 23.9 Å². The van der Waals surface area contributed by atoms with Crippen molar-refractivity contribution in [1.29, 1.82) is 0 Å². The number of carbonyl (C=O) groups is 4. The molecule has 0 unspecified atom stereocenters. The molecule has 3 aliphatic rings. The van der Waals surface area contributed by atoms with E-state index in [0.717, 1.165) is 25.7 Å². The summed E-state index contributed by atoms with van der Waals surface area (Å²) in [5.74, 6) is 0.109. The fourth-order valence-corrected chi connectivity index (χ4v) is 6.93. The molecule has 0 radical (unpaired) electrons. The lowest BCUT2D eigenvalue weighted by Crippen LogP contribution is -2.36. The largest absolute Gasteiger partial charge is 0.457 e. The van der Waals surface area contributed by atoms with Gasteiger partial charge in [0.2, 0.25) is 0 Å². The number of benzene rings is 4. The van der Waals surface area contributed by atoms with Crippen LogP contribution in [0.1, 0.15) is 99.0 Å². The van der Waals surface area contributed by atoms with Crippen LogP contribution in [-0.2, 0) is 14.9 Å². The zero-order valence-electron chi connectivity index (χ0n) is 25.8. The third-order valence-corrected chi connectivity index (χ3v) is 9.58. The molecule has 1 fully saturated rings. The number of rotatable bonds is 6. The molecule has 1 saturated carbocycles. The highest BCUT2D eigenvalue weighted by Crippen LogP contribution is 2.51. The maximum absolute atomic E-state index is 12.0. The Labute approximate surface area is 266 Å². The van der Waals surface area contributed by atoms with Gasteiger partial charge >= 0.3 is 23.9 Å². The average Bonchev–Trinajstić information content (AvgIpc) is 3.49. The van der Waals surface area contributed by atoms with Crippen molar-refractivity contribution in [2.75, 3.05) is 0 Å². The van der Waals surface area contributed by atoms with Crippen LogP contribution >= 0.6 is 0 Å². The number of cyclic esters (lactones) is 4. The molecule has 0 bridgehead atoms. The first-order valence-electron chi connectivity index (χ1n) is 15.4. The fourth-order valence-electron chi connectivity index (χ4n) is 6.93. The van der Waals surface area contributed by atoms with E-state index in [0.29, 0.717) is 28.9 Å². The van der Waals surface area contributed by atoms with Crippen LogP contribution in [0, 0.1) is 11.3 Å². The molecule has 8 nitrogen and oxygen atoms in total. The molecule has 0 N–H and O–H groups in total. The lowest BCUT2D eigenvalue weighted by molar-refractivity contribution is 0.0425. The molecule has 0 spiro atoms. The summed E-state index contributed by atoms with van der Waals surface area (Å²) in [5, 5.41) is 0. The first-order valence-corrected chi connectivity index (χ1v) is 15.4. The van der Waals surface area contributed by atoms with E-state index >= 15 is 0 Å². The second-order valence-electron chi connectivity index (χ2n) is 13.2. The predicted octanol–water partition coefficient (Wildman–Crippen LogP) is 8.41. The SMILES string of the molecule is CC(C)(C)C1CCC(c2ccc(Oc3ccc4c(c3)C(=O)OC4=O)cc2)(c2ccc(Oc3ccc4c(c3)C(=O)OC4=O)cc2)CC1. The molecule has 7 rings (SSSR count). The van der Waals surface area contributed by atoms with Gasteiger partial charge in [0.05, 0.1) is 22.3 Å². The highest BCUT2D eigenvalue weighted by atomic mass is 16.6. The van der Waals surface area contributed by atoms with Gasteiger partial charge in [0.1, 0.15) is 23.0 Å². The monoisotopic (exact) mass is 616 g/mol. The normalized spacial score (nSPS) is 17.3. The minimum Gasteiger partial charge on any atom is -0.457 e. The summed E-state index contributed by atoms with van der Waals surface area (Å²) >= 11 is 0. The molecule has 46 heavy (non-hydrogen) atoms. The third-order valence-electron chi connectivity index (χ3n) is 9.58. The van der Waals surface area contributed by atoms with Crippen molar-refractivity contribution in [2.24, 2.45) is 11.3 Å². The average molecular weight is 617 g/mol. The van der Waals surface area contributed by atoms with Gasteiger partial charge in [0.15, 0.2) is 0 Å². The Hall–Kier alpha value is -5.24. The molecule has 8 heteroatoms. The van der Waals surface area contributed by atoms with Gasteiger partial charge in [0, 0.05) is 5.41 Å². The van der Waals surface area contributed by atoms with Crippen molar-refractivity contribution in [2.45, 2.75) is 51.9 Å². The third kappa shape index (κ3) is 5.23. The van der Waals surface area contributed by atoms with Gasteiger partial charge in [-0.2, -0.15) is 0 Å². The van der Waals surface area contributed by atoms with Gasteiger partial charge in [-0.1, -0.05) is 45.0 Å². The van der Waals surface area contributed by atoms with Gasteiger partial charge in [-0.05, 0) is 109 Å². The lowest BCUT2D eigenvalue weighted by Gasteiger charge is -2.45. The second kappa shape index (κ2) is 11.0. The maximum atomic E-state index is 12.0. The summed E-state index contributed by atoms with van der Waals surface area (Å²) in [5.41, 5.74) is 3.27. The maximum Gasteiger partial charge on any atom is 0.347 e. The number of esters is 4. The van der Waals surface area contributed by atoms with Crippen LogP contribution in [-0.4, -0.2) is 23.9 Å². The van der Waals surface area contributed by atoms with Crippen molar-refractivity contribution >= 4 is 23.9 Å². The number of hydrogen-bond acceptors (Lipinski definition) is 8. The van der Waals surface area contributed by atoms with E-state index in [4.69, 9.17) is 18.9 Å². The first kappa shape index (κ1) is 29.5. The molecule has 0 amide bonds. The highest BCUT2D eigenvalue weighted by Gasteiger charge is 2.41. The fraction of sp³-hybridized carbons (Fsp3) is 0.263. The van der Waals surface area contributed by atoms with E-state index in [1.54, 1.807) is 24.3 Å². The van der Waals surface area contributed by atoms with Crippen LogP contribution in [0.4, 0.5) is 0 Å². The topological polar surface area (TPSA) is 105 Å². The molecule has 0 aromatic heterocycles. The van der Waals surface area contributed by atoms with Crippen molar-refractivity contribution in [1.82, 2.24) is 0 Å². The van der Waals surface area contributed by atoms with Crippen molar-refractivity contribution in [3.63, 3.8) is 0 Å². The van der Waals surface area contributed by atoms with Crippen LogP contribution in [0.25, 0.3) is 0 Å². The zero-order valence-corrected chi connectivity index (χ0v) is 25.8. The molecule has 2 aliphatic heterocycles. The molecular formula is C38H32O8. The smallest absolute Gasteiger partial charge is 0.347 e. The first-order chi connectivity index (χ1) is 22.0. The number of fused-ring (bicyclic) bond motifs is 2. The minimum absolute atomic E-state index is 0.204. The standard InChI is InChI=1S/C38H32O8/c1-37(2,3)22-16-18-38(19-17-22,23-4-8-25(9-5-23)43-27-12-14-29-31(20-27)35(41)45-33(29)39)24-6-10-26(11-7-24)44-28-13-15-30-32(21-28)36(42)46-34(30)40/h4-15,20-22H,16-19H2,1-3H3. The number of ether oxygens (including phenoxy) is 4. The van der Waals surface area contributed by atoms with Gasteiger partial charge in [-0.15, -0.1) is 0 Å². The summed E-state index contributed by atoms with van der Waals surface area (Å²) in [6, 6.07) is 25.6. The van der Waals surface area contributed by atoms with Crippen molar-refractivity contribution in [3.05, 3.63) is 118 Å². The van der Waals surface area contributed by atoms with Crippen LogP contribution in [0.3, 0.4) is 0 Å². The van der Waals surface area contributed by atoms with Crippen LogP contribution in [0.2, 0.25) is 0 Å². The lowest BCUT2D eigenvalue weighted by atomic mass is 9.59.